The van der Waals surface area contributed by atoms with Gasteiger partial charge in [-0.1, -0.05) is 19.3 Å². The van der Waals surface area contributed by atoms with Gasteiger partial charge in [-0.05, 0) is 24.8 Å². The molecule has 0 aromatic carbocycles. The first kappa shape index (κ1) is 10.7. The Morgan fingerprint density at radius 1 is 1.29 bits per heavy atom. The first-order valence-electron chi connectivity index (χ1n) is 6.40. The third kappa shape index (κ3) is 2.05. The molecule has 0 saturated heterocycles. The van der Waals surface area contributed by atoms with Gasteiger partial charge < -0.3 is 10.7 Å². The molecule has 4 heteroatoms. The molecule has 3 N–H and O–H groups in total. The van der Waals surface area contributed by atoms with E-state index < -0.39 is 0 Å². The van der Waals surface area contributed by atoms with Crippen molar-refractivity contribution in [2.75, 3.05) is 0 Å². The lowest BCUT2D eigenvalue weighted by atomic mass is 9.84. The summed E-state index contributed by atoms with van der Waals surface area (Å²) < 4.78 is 0. The summed E-state index contributed by atoms with van der Waals surface area (Å²) in [6, 6.07) is 1.96. The topological polar surface area (TPSA) is 67.6 Å². The number of pyridine rings is 1. The number of aromatic amines is 1. The fourth-order valence-electron chi connectivity index (χ4n) is 2.75. The molecule has 0 amide bonds. The van der Waals surface area contributed by atoms with Crippen molar-refractivity contribution in [1.82, 2.24) is 15.0 Å². The molecule has 3 rings (SSSR count). The largest absolute Gasteiger partial charge is 0.339 e. The number of rotatable bonds is 2. The molecule has 1 aliphatic rings. The fourth-order valence-corrected chi connectivity index (χ4v) is 2.75. The third-order valence-electron chi connectivity index (χ3n) is 3.78. The van der Waals surface area contributed by atoms with Crippen molar-refractivity contribution >= 4 is 11.0 Å². The second kappa shape index (κ2) is 4.45. The molecule has 1 unspecified atom stereocenters. The molecule has 1 fully saturated rings. The van der Waals surface area contributed by atoms with Crippen LogP contribution in [0.4, 0.5) is 0 Å². The van der Waals surface area contributed by atoms with Crippen molar-refractivity contribution in [2.24, 2.45) is 11.7 Å². The lowest BCUT2D eigenvalue weighted by Crippen LogP contribution is -2.24. The number of nitrogens with zero attached hydrogens (tertiary/aromatic N) is 2. The molecular formula is C13H18N4. The van der Waals surface area contributed by atoms with E-state index in [9.17, 15) is 0 Å². The third-order valence-corrected chi connectivity index (χ3v) is 3.78. The standard InChI is InChI=1S/C13H18N4/c14-12(9-4-2-1-3-5-9)13-16-10-6-7-15-8-11(10)17-13/h6-9,12H,1-5,14H2,(H,16,17). The summed E-state index contributed by atoms with van der Waals surface area (Å²) >= 11 is 0. The van der Waals surface area contributed by atoms with Crippen LogP contribution in [0.5, 0.6) is 0 Å². The molecule has 1 atom stereocenters. The van der Waals surface area contributed by atoms with E-state index in [1.165, 1.54) is 32.1 Å². The molecule has 4 nitrogen and oxygen atoms in total. The minimum Gasteiger partial charge on any atom is -0.339 e. The van der Waals surface area contributed by atoms with Gasteiger partial charge in [0.15, 0.2) is 0 Å². The van der Waals surface area contributed by atoms with Gasteiger partial charge in [-0.2, -0.15) is 0 Å². The molecule has 1 aliphatic carbocycles. The summed E-state index contributed by atoms with van der Waals surface area (Å²) in [4.78, 5) is 11.9. The maximum Gasteiger partial charge on any atom is 0.124 e. The predicted molar refractivity (Wildman–Crippen MR) is 67.4 cm³/mol. The first-order valence-corrected chi connectivity index (χ1v) is 6.40. The Morgan fingerprint density at radius 3 is 2.88 bits per heavy atom. The van der Waals surface area contributed by atoms with Crippen LogP contribution in [0.25, 0.3) is 11.0 Å². The van der Waals surface area contributed by atoms with E-state index in [0.717, 1.165) is 16.9 Å². The molecular weight excluding hydrogens is 212 g/mol. The Labute approximate surface area is 101 Å². The lowest BCUT2D eigenvalue weighted by Gasteiger charge is -2.25. The molecule has 17 heavy (non-hydrogen) atoms. The Kier molecular flexibility index (Phi) is 2.81. The molecule has 0 bridgehead atoms. The molecule has 2 aromatic rings. The average molecular weight is 230 g/mol. The van der Waals surface area contributed by atoms with Gasteiger partial charge in [0.1, 0.15) is 5.82 Å². The van der Waals surface area contributed by atoms with Crippen LogP contribution < -0.4 is 5.73 Å². The zero-order valence-electron chi connectivity index (χ0n) is 9.89. The Morgan fingerprint density at radius 2 is 2.12 bits per heavy atom. The number of nitrogens with two attached hydrogens (primary N) is 1. The van der Waals surface area contributed by atoms with Gasteiger partial charge >= 0.3 is 0 Å². The van der Waals surface area contributed by atoms with E-state index in [2.05, 4.69) is 15.0 Å². The molecule has 0 spiro atoms. The zero-order chi connectivity index (χ0) is 11.7. The number of hydrogen-bond acceptors (Lipinski definition) is 3. The summed E-state index contributed by atoms with van der Waals surface area (Å²) in [5, 5.41) is 0. The fraction of sp³-hybridized carbons (Fsp3) is 0.538. The van der Waals surface area contributed by atoms with Gasteiger partial charge in [0.25, 0.3) is 0 Å². The van der Waals surface area contributed by atoms with Crippen molar-refractivity contribution in [3.05, 3.63) is 24.3 Å². The van der Waals surface area contributed by atoms with Gasteiger partial charge in [-0.3, -0.25) is 4.98 Å². The molecule has 2 aromatic heterocycles. The first-order chi connectivity index (χ1) is 8.34. The number of fused-ring (bicyclic) bond motifs is 1. The Hall–Kier alpha value is -1.42. The number of aromatic nitrogens is 3. The highest BCUT2D eigenvalue weighted by Gasteiger charge is 2.24. The van der Waals surface area contributed by atoms with Gasteiger partial charge in [0.05, 0.1) is 23.3 Å². The summed E-state index contributed by atoms with van der Waals surface area (Å²) in [5.74, 6) is 1.50. The minimum absolute atomic E-state index is 0.0442. The average Bonchev–Trinajstić information content (AvgIpc) is 2.82. The lowest BCUT2D eigenvalue weighted by molar-refractivity contribution is 0.302. The summed E-state index contributed by atoms with van der Waals surface area (Å²) in [7, 11) is 0. The van der Waals surface area contributed by atoms with Crippen LogP contribution in [-0.2, 0) is 0 Å². The van der Waals surface area contributed by atoms with Gasteiger partial charge in [-0.25, -0.2) is 4.98 Å². The second-order valence-corrected chi connectivity index (χ2v) is 4.94. The molecule has 0 aliphatic heterocycles. The zero-order valence-corrected chi connectivity index (χ0v) is 9.89. The van der Waals surface area contributed by atoms with Crippen molar-refractivity contribution in [1.29, 1.82) is 0 Å². The maximum absolute atomic E-state index is 6.32. The van der Waals surface area contributed by atoms with Crippen LogP contribution in [0.15, 0.2) is 18.5 Å². The van der Waals surface area contributed by atoms with E-state index in [0.29, 0.717) is 5.92 Å². The summed E-state index contributed by atoms with van der Waals surface area (Å²) in [6.45, 7) is 0. The van der Waals surface area contributed by atoms with E-state index >= 15 is 0 Å². The highest BCUT2D eigenvalue weighted by atomic mass is 15.0. The number of nitrogens with one attached hydrogen (secondary N) is 1. The maximum atomic E-state index is 6.32. The SMILES string of the molecule is NC(c1nc2ccncc2[nH]1)C1CCCCC1. The van der Waals surface area contributed by atoms with Gasteiger partial charge in [-0.15, -0.1) is 0 Å². The van der Waals surface area contributed by atoms with E-state index in [-0.39, 0.29) is 6.04 Å². The Bertz CT molecular complexity index is 466. The van der Waals surface area contributed by atoms with Crippen LogP contribution in [-0.4, -0.2) is 15.0 Å². The van der Waals surface area contributed by atoms with Crippen LogP contribution in [0.2, 0.25) is 0 Å². The number of H-pyrrole nitrogens is 1. The van der Waals surface area contributed by atoms with Crippen molar-refractivity contribution in [3.63, 3.8) is 0 Å². The van der Waals surface area contributed by atoms with Crippen LogP contribution in [0.1, 0.15) is 44.0 Å². The molecule has 2 heterocycles. The van der Waals surface area contributed by atoms with E-state index in [1.54, 1.807) is 12.4 Å². The van der Waals surface area contributed by atoms with Crippen LogP contribution in [0.3, 0.4) is 0 Å². The van der Waals surface area contributed by atoms with E-state index in [1.807, 2.05) is 6.07 Å². The number of hydrogen-bond donors (Lipinski definition) is 2. The Balaban J connectivity index is 1.86. The summed E-state index contributed by atoms with van der Waals surface area (Å²) in [5.41, 5.74) is 8.26. The molecule has 0 radical (unpaired) electrons. The minimum atomic E-state index is 0.0442. The highest BCUT2D eigenvalue weighted by molar-refractivity contribution is 5.73. The summed E-state index contributed by atoms with van der Waals surface area (Å²) in [6.07, 6.45) is 10.00. The molecule has 90 valence electrons. The van der Waals surface area contributed by atoms with Gasteiger partial charge in [0, 0.05) is 6.20 Å². The van der Waals surface area contributed by atoms with Crippen molar-refractivity contribution in [2.45, 2.75) is 38.1 Å². The van der Waals surface area contributed by atoms with Crippen molar-refractivity contribution < 1.29 is 0 Å². The second-order valence-electron chi connectivity index (χ2n) is 4.94. The highest BCUT2D eigenvalue weighted by Crippen LogP contribution is 2.32. The van der Waals surface area contributed by atoms with Crippen molar-refractivity contribution in [3.8, 4) is 0 Å². The monoisotopic (exact) mass is 230 g/mol. The van der Waals surface area contributed by atoms with Crippen LogP contribution in [0, 0.1) is 5.92 Å². The predicted octanol–water partition coefficient (Wildman–Crippen LogP) is 2.54. The van der Waals surface area contributed by atoms with Gasteiger partial charge in [0.2, 0.25) is 0 Å². The molecule has 1 saturated carbocycles. The normalized spacial score (nSPS) is 19.6. The van der Waals surface area contributed by atoms with Crippen LogP contribution >= 0.6 is 0 Å². The smallest absolute Gasteiger partial charge is 0.124 e. The number of imidazole rings is 1. The van der Waals surface area contributed by atoms with E-state index in [4.69, 9.17) is 5.73 Å². The quantitative estimate of drug-likeness (QED) is 0.833.